The zero-order chi connectivity index (χ0) is 13.0. The Morgan fingerprint density at radius 3 is 2.67 bits per heavy atom. The zero-order valence-electron chi connectivity index (χ0n) is 10.2. The summed E-state index contributed by atoms with van der Waals surface area (Å²) in [5.41, 5.74) is 2.19. The predicted octanol–water partition coefficient (Wildman–Crippen LogP) is 2.54. The van der Waals surface area contributed by atoms with Gasteiger partial charge in [-0.05, 0) is 24.3 Å². The predicted molar refractivity (Wildman–Crippen MR) is 67.6 cm³/mol. The minimum Gasteiger partial charge on any atom is -0.496 e. The van der Waals surface area contributed by atoms with Gasteiger partial charge in [-0.25, -0.2) is 4.79 Å². The van der Waals surface area contributed by atoms with Gasteiger partial charge in [0.05, 0.1) is 19.8 Å². The van der Waals surface area contributed by atoms with Gasteiger partial charge < -0.3 is 9.47 Å². The van der Waals surface area contributed by atoms with E-state index >= 15 is 0 Å². The first-order chi connectivity index (χ1) is 8.76. The lowest BCUT2D eigenvalue weighted by molar-refractivity contribution is 0.0601. The molecule has 0 fully saturated rings. The molecule has 1 aromatic carbocycles. The highest BCUT2D eigenvalue weighted by atomic mass is 16.5. The molecule has 92 valence electrons. The van der Waals surface area contributed by atoms with Crippen molar-refractivity contribution in [3.05, 3.63) is 48.3 Å². The van der Waals surface area contributed by atoms with E-state index in [1.165, 1.54) is 7.11 Å². The largest absolute Gasteiger partial charge is 0.496 e. The second-order valence-corrected chi connectivity index (χ2v) is 3.65. The van der Waals surface area contributed by atoms with E-state index in [1.54, 1.807) is 37.7 Å². The molecule has 4 nitrogen and oxygen atoms in total. The van der Waals surface area contributed by atoms with Gasteiger partial charge >= 0.3 is 5.97 Å². The van der Waals surface area contributed by atoms with Crippen molar-refractivity contribution in [3.63, 3.8) is 0 Å². The number of carbonyl (C=O) groups is 1. The highest BCUT2D eigenvalue weighted by molar-refractivity contribution is 5.91. The molecule has 0 atom stereocenters. The van der Waals surface area contributed by atoms with Crippen molar-refractivity contribution in [3.8, 4) is 16.9 Å². The Bertz CT molecular complexity index is 552. The average Bonchev–Trinajstić information content (AvgIpc) is 2.46. The molecule has 0 aliphatic heterocycles. The van der Waals surface area contributed by atoms with Crippen LogP contribution >= 0.6 is 0 Å². The van der Waals surface area contributed by atoms with Crippen LogP contribution in [0.5, 0.6) is 5.75 Å². The Labute approximate surface area is 105 Å². The quantitative estimate of drug-likeness (QED) is 0.777. The summed E-state index contributed by atoms with van der Waals surface area (Å²) in [5.74, 6) is 0.318. The molecule has 18 heavy (non-hydrogen) atoms. The summed E-state index contributed by atoms with van der Waals surface area (Å²) in [4.78, 5) is 15.6. The van der Waals surface area contributed by atoms with Gasteiger partial charge in [0, 0.05) is 23.5 Å². The van der Waals surface area contributed by atoms with Crippen molar-refractivity contribution in [1.29, 1.82) is 0 Å². The number of carbonyl (C=O) groups excluding carboxylic acids is 1. The smallest absolute Gasteiger partial charge is 0.337 e. The van der Waals surface area contributed by atoms with Crippen LogP contribution in [0.3, 0.4) is 0 Å². The number of hydrogen-bond acceptors (Lipinski definition) is 4. The topological polar surface area (TPSA) is 48.4 Å². The molecule has 0 unspecified atom stereocenters. The summed E-state index contributed by atoms with van der Waals surface area (Å²) in [6, 6.07) is 8.90. The molecule has 0 saturated carbocycles. The van der Waals surface area contributed by atoms with Crippen molar-refractivity contribution in [2.75, 3.05) is 14.2 Å². The lowest BCUT2D eigenvalue weighted by Gasteiger charge is -2.09. The maximum Gasteiger partial charge on any atom is 0.337 e. The van der Waals surface area contributed by atoms with Gasteiger partial charge in [0.25, 0.3) is 0 Å². The number of hydrogen-bond donors (Lipinski definition) is 0. The van der Waals surface area contributed by atoms with E-state index < -0.39 is 0 Å². The molecule has 2 rings (SSSR count). The fourth-order valence-corrected chi connectivity index (χ4v) is 1.70. The third kappa shape index (κ3) is 2.32. The maximum absolute atomic E-state index is 11.5. The fraction of sp³-hybridized carbons (Fsp3) is 0.143. The summed E-state index contributed by atoms with van der Waals surface area (Å²) in [7, 11) is 2.95. The summed E-state index contributed by atoms with van der Waals surface area (Å²) in [5, 5.41) is 0. The van der Waals surface area contributed by atoms with Gasteiger partial charge in [0.15, 0.2) is 0 Å². The van der Waals surface area contributed by atoms with Crippen LogP contribution in [0.15, 0.2) is 42.7 Å². The van der Waals surface area contributed by atoms with Gasteiger partial charge in [0.2, 0.25) is 0 Å². The normalized spacial score (nSPS) is 9.89. The van der Waals surface area contributed by atoms with Crippen LogP contribution in [-0.4, -0.2) is 25.2 Å². The van der Waals surface area contributed by atoms with Crippen LogP contribution in [0, 0.1) is 0 Å². The second kappa shape index (κ2) is 5.31. The molecule has 0 N–H and O–H groups in total. The van der Waals surface area contributed by atoms with Gasteiger partial charge in [0.1, 0.15) is 5.75 Å². The number of nitrogens with zero attached hydrogens (tertiary/aromatic N) is 1. The third-order valence-corrected chi connectivity index (χ3v) is 2.59. The molecular formula is C14H13NO3. The standard InChI is InChI=1S/C14H13NO3/c1-17-13-6-5-10(14(16)18-2)8-12(13)11-4-3-7-15-9-11/h3-9H,1-2H3. The Hall–Kier alpha value is -2.36. The van der Waals surface area contributed by atoms with Crippen LogP contribution in [0.25, 0.3) is 11.1 Å². The lowest BCUT2D eigenvalue weighted by Crippen LogP contribution is -2.01. The molecule has 0 radical (unpaired) electrons. The second-order valence-electron chi connectivity index (χ2n) is 3.65. The molecule has 0 aliphatic rings. The number of esters is 1. The van der Waals surface area contributed by atoms with E-state index in [0.717, 1.165) is 11.1 Å². The number of aromatic nitrogens is 1. The van der Waals surface area contributed by atoms with E-state index in [-0.39, 0.29) is 5.97 Å². The molecule has 2 aromatic rings. The minimum absolute atomic E-state index is 0.372. The van der Waals surface area contributed by atoms with Crippen molar-refractivity contribution in [2.24, 2.45) is 0 Å². The Kier molecular flexibility index (Phi) is 3.57. The van der Waals surface area contributed by atoms with Crippen molar-refractivity contribution in [1.82, 2.24) is 4.98 Å². The fourth-order valence-electron chi connectivity index (χ4n) is 1.70. The van der Waals surface area contributed by atoms with Crippen molar-refractivity contribution in [2.45, 2.75) is 0 Å². The summed E-state index contributed by atoms with van der Waals surface area (Å²) >= 11 is 0. The molecule has 0 aliphatic carbocycles. The number of benzene rings is 1. The Morgan fingerprint density at radius 2 is 2.06 bits per heavy atom. The minimum atomic E-state index is -0.372. The molecule has 0 spiro atoms. The average molecular weight is 243 g/mol. The van der Waals surface area contributed by atoms with Crippen LogP contribution in [0.2, 0.25) is 0 Å². The van der Waals surface area contributed by atoms with E-state index in [0.29, 0.717) is 11.3 Å². The van der Waals surface area contributed by atoms with E-state index in [9.17, 15) is 4.79 Å². The van der Waals surface area contributed by atoms with Crippen molar-refractivity contribution >= 4 is 5.97 Å². The Balaban J connectivity index is 2.53. The SMILES string of the molecule is COC(=O)c1ccc(OC)c(-c2cccnc2)c1. The van der Waals surface area contributed by atoms with Gasteiger partial charge in [-0.15, -0.1) is 0 Å². The molecule has 0 bridgehead atoms. The number of ether oxygens (including phenoxy) is 2. The van der Waals surface area contributed by atoms with Crippen LogP contribution in [0.4, 0.5) is 0 Å². The number of rotatable bonds is 3. The first-order valence-electron chi connectivity index (χ1n) is 5.43. The third-order valence-electron chi connectivity index (χ3n) is 2.59. The van der Waals surface area contributed by atoms with E-state index in [4.69, 9.17) is 9.47 Å². The van der Waals surface area contributed by atoms with Gasteiger partial charge in [-0.2, -0.15) is 0 Å². The molecular weight excluding hydrogens is 230 g/mol. The number of pyridine rings is 1. The first-order valence-corrected chi connectivity index (χ1v) is 5.43. The summed E-state index contributed by atoms with van der Waals surface area (Å²) in [6.45, 7) is 0. The Morgan fingerprint density at radius 1 is 1.22 bits per heavy atom. The van der Waals surface area contributed by atoms with E-state index in [2.05, 4.69) is 4.98 Å². The van der Waals surface area contributed by atoms with Gasteiger partial charge in [-0.1, -0.05) is 6.07 Å². The molecule has 0 amide bonds. The maximum atomic E-state index is 11.5. The summed E-state index contributed by atoms with van der Waals surface area (Å²) in [6.07, 6.45) is 3.42. The summed E-state index contributed by atoms with van der Waals surface area (Å²) < 4.78 is 9.99. The zero-order valence-corrected chi connectivity index (χ0v) is 10.2. The van der Waals surface area contributed by atoms with Gasteiger partial charge in [-0.3, -0.25) is 4.98 Å². The van der Waals surface area contributed by atoms with Crippen LogP contribution in [-0.2, 0) is 4.74 Å². The van der Waals surface area contributed by atoms with Crippen LogP contribution in [0.1, 0.15) is 10.4 Å². The van der Waals surface area contributed by atoms with Crippen LogP contribution < -0.4 is 4.74 Å². The molecule has 0 saturated heterocycles. The first kappa shape index (κ1) is 12.1. The highest BCUT2D eigenvalue weighted by Gasteiger charge is 2.11. The molecule has 1 aromatic heterocycles. The lowest BCUT2D eigenvalue weighted by atomic mass is 10.0. The molecule has 4 heteroatoms. The van der Waals surface area contributed by atoms with Crippen molar-refractivity contribution < 1.29 is 14.3 Å². The van der Waals surface area contributed by atoms with E-state index in [1.807, 2.05) is 12.1 Å². The highest BCUT2D eigenvalue weighted by Crippen LogP contribution is 2.30. The number of methoxy groups -OCH3 is 2. The monoisotopic (exact) mass is 243 g/mol. The molecule has 1 heterocycles.